The third-order valence-electron chi connectivity index (χ3n) is 3.16. The lowest BCUT2D eigenvalue weighted by molar-refractivity contribution is 0.415. The monoisotopic (exact) mass is 265 g/mol. The number of hydrogen-bond donors (Lipinski definition) is 1. The van der Waals surface area contributed by atoms with Crippen LogP contribution in [0.5, 0.6) is 5.75 Å². The average Bonchev–Trinajstić information content (AvgIpc) is 2.49. The summed E-state index contributed by atoms with van der Waals surface area (Å²) in [6.45, 7) is 2.07. The summed E-state index contributed by atoms with van der Waals surface area (Å²) in [4.78, 5) is 8.59. The summed E-state index contributed by atoms with van der Waals surface area (Å²) in [5, 5.41) is 4.29. The van der Waals surface area contributed by atoms with Crippen LogP contribution in [0.3, 0.4) is 0 Å². The van der Waals surface area contributed by atoms with Crippen LogP contribution in [-0.4, -0.2) is 17.1 Å². The Bertz CT molecular complexity index is 738. The van der Waals surface area contributed by atoms with Gasteiger partial charge in [-0.2, -0.15) is 0 Å². The van der Waals surface area contributed by atoms with Crippen molar-refractivity contribution in [1.29, 1.82) is 0 Å². The van der Waals surface area contributed by atoms with Crippen molar-refractivity contribution in [2.24, 2.45) is 0 Å². The van der Waals surface area contributed by atoms with Gasteiger partial charge in [0.15, 0.2) is 0 Å². The van der Waals surface area contributed by atoms with E-state index in [0.717, 1.165) is 28.2 Å². The number of aromatic nitrogens is 2. The van der Waals surface area contributed by atoms with Gasteiger partial charge in [0.05, 0.1) is 12.6 Å². The second-order valence-electron chi connectivity index (χ2n) is 4.60. The third-order valence-corrected chi connectivity index (χ3v) is 3.16. The standard InChI is InChI=1S/C16H15N3O/c1-11-3-5-12(6-4-11)19-16-14-8-7-13(20-2)9-15(14)17-10-18-16/h3-10H,1-2H3,(H,17,18,19). The molecule has 0 aliphatic rings. The Kier molecular flexibility index (Phi) is 3.21. The molecule has 0 aliphatic heterocycles. The highest BCUT2D eigenvalue weighted by Gasteiger charge is 2.05. The molecule has 20 heavy (non-hydrogen) atoms. The molecule has 0 atom stereocenters. The molecule has 2 aromatic carbocycles. The Hall–Kier alpha value is -2.62. The summed E-state index contributed by atoms with van der Waals surface area (Å²) in [6, 6.07) is 14.0. The topological polar surface area (TPSA) is 47.0 Å². The van der Waals surface area contributed by atoms with E-state index >= 15 is 0 Å². The molecule has 4 heteroatoms. The van der Waals surface area contributed by atoms with Gasteiger partial charge in [0.1, 0.15) is 17.9 Å². The predicted molar refractivity (Wildman–Crippen MR) is 80.6 cm³/mol. The van der Waals surface area contributed by atoms with E-state index in [0.29, 0.717) is 0 Å². The van der Waals surface area contributed by atoms with Crippen molar-refractivity contribution in [2.75, 3.05) is 12.4 Å². The first-order chi connectivity index (χ1) is 9.76. The molecule has 4 nitrogen and oxygen atoms in total. The van der Waals surface area contributed by atoms with Crippen molar-refractivity contribution in [3.8, 4) is 5.75 Å². The molecule has 0 radical (unpaired) electrons. The molecule has 1 heterocycles. The maximum absolute atomic E-state index is 5.21. The number of methoxy groups -OCH3 is 1. The fourth-order valence-electron chi connectivity index (χ4n) is 2.04. The molecule has 0 saturated heterocycles. The van der Waals surface area contributed by atoms with E-state index in [9.17, 15) is 0 Å². The van der Waals surface area contributed by atoms with Gasteiger partial charge >= 0.3 is 0 Å². The number of fused-ring (bicyclic) bond motifs is 1. The van der Waals surface area contributed by atoms with Gasteiger partial charge in [-0.3, -0.25) is 0 Å². The quantitative estimate of drug-likeness (QED) is 0.784. The molecule has 1 N–H and O–H groups in total. The SMILES string of the molecule is COc1ccc2c(Nc3ccc(C)cc3)ncnc2c1. The number of nitrogens with one attached hydrogen (secondary N) is 1. The number of rotatable bonds is 3. The van der Waals surface area contributed by atoms with Crippen molar-refractivity contribution in [2.45, 2.75) is 6.92 Å². The molecule has 0 unspecified atom stereocenters. The lowest BCUT2D eigenvalue weighted by Crippen LogP contribution is -1.96. The van der Waals surface area contributed by atoms with Gasteiger partial charge in [-0.1, -0.05) is 17.7 Å². The number of aryl methyl sites for hydroxylation is 1. The van der Waals surface area contributed by atoms with Crippen molar-refractivity contribution in [3.05, 3.63) is 54.4 Å². The third kappa shape index (κ3) is 2.40. The maximum atomic E-state index is 5.21. The Morgan fingerprint density at radius 2 is 1.80 bits per heavy atom. The van der Waals surface area contributed by atoms with Crippen LogP contribution in [0.2, 0.25) is 0 Å². The van der Waals surface area contributed by atoms with Crippen LogP contribution in [0.4, 0.5) is 11.5 Å². The zero-order chi connectivity index (χ0) is 13.9. The largest absolute Gasteiger partial charge is 0.497 e. The summed E-state index contributed by atoms with van der Waals surface area (Å²) < 4.78 is 5.21. The summed E-state index contributed by atoms with van der Waals surface area (Å²) in [5.74, 6) is 1.58. The Morgan fingerprint density at radius 3 is 2.55 bits per heavy atom. The highest BCUT2D eigenvalue weighted by atomic mass is 16.5. The number of nitrogens with zero attached hydrogens (tertiary/aromatic N) is 2. The zero-order valence-corrected chi connectivity index (χ0v) is 11.4. The smallest absolute Gasteiger partial charge is 0.141 e. The van der Waals surface area contributed by atoms with Crippen molar-refractivity contribution in [3.63, 3.8) is 0 Å². The van der Waals surface area contributed by atoms with E-state index in [1.165, 1.54) is 5.56 Å². The van der Waals surface area contributed by atoms with E-state index in [-0.39, 0.29) is 0 Å². The molecule has 3 rings (SSSR count). The normalized spacial score (nSPS) is 10.5. The second-order valence-corrected chi connectivity index (χ2v) is 4.60. The van der Waals surface area contributed by atoms with E-state index in [2.05, 4.69) is 34.3 Å². The highest BCUT2D eigenvalue weighted by Crippen LogP contribution is 2.26. The van der Waals surface area contributed by atoms with Crippen LogP contribution in [0.15, 0.2) is 48.8 Å². The average molecular weight is 265 g/mol. The number of benzene rings is 2. The van der Waals surface area contributed by atoms with Crippen LogP contribution < -0.4 is 10.1 Å². The zero-order valence-electron chi connectivity index (χ0n) is 11.4. The molecular weight excluding hydrogens is 250 g/mol. The summed E-state index contributed by atoms with van der Waals surface area (Å²) >= 11 is 0. The fraction of sp³-hybridized carbons (Fsp3) is 0.125. The summed E-state index contributed by atoms with van der Waals surface area (Å²) in [7, 11) is 1.65. The highest BCUT2D eigenvalue weighted by molar-refractivity contribution is 5.91. The summed E-state index contributed by atoms with van der Waals surface area (Å²) in [5.41, 5.74) is 3.09. The molecule has 0 fully saturated rings. The van der Waals surface area contributed by atoms with Gasteiger partial charge in [0.25, 0.3) is 0 Å². The van der Waals surface area contributed by atoms with Gasteiger partial charge < -0.3 is 10.1 Å². The van der Waals surface area contributed by atoms with Gasteiger partial charge in [-0.15, -0.1) is 0 Å². The number of anilines is 2. The molecule has 0 amide bonds. The Morgan fingerprint density at radius 1 is 1.00 bits per heavy atom. The lowest BCUT2D eigenvalue weighted by atomic mass is 10.2. The Balaban J connectivity index is 2.01. The minimum Gasteiger partial charge on any atom is -0.497 e. The first-order valence-electron chi connectivity index (χ1n) is 6.39. The van der Waals surface area contributed by atoms with E-state index in [1.807, 2.05) is 30.3 Å². The summed E-state index contributed by atoms with van der Waals surface area (Å²) in [6.07, 6.45) is 1.55. The molecule has 1 aromatic heterocycles. The first-order valence-corrected chi connectivity index (χ1v) is 6.39. The molecular formula is C16H15N3O. The van der Waals surface area contributed by atoms with Gasteiger partial charge in [0, 0.05) is 17.1 Å². The molecule has 0 aliphatic carbocycles. The first kappa shape index (κ1) is 12.4. The minimum absolute atomic E-state index is 0.789. The van der Waals surface area contributed by atoms with Crippen LogP contribution in [0.25, 0.3) is 10.9 Å². The van der Waals surface area contributed by atoms with Crippen LogP contribution in [0.1, 0.15) is 5.56 Å². The molecule has 3 aromatic rings. The minimum atomic E-state index is 0.789. The molecule has 0 spiro atoms. The van der Waals surface area contributed by atoms with E-state index in [1.54, 1.807) is 13.4 Å². The van der Waals surface area contributed by atoms with E-state index in [4.69, 9.17) is 4.74 Å². The van der Waals surface area contributed by atoms with Gasteiger partial charge in [-0.05, 0) is 31.2 Å². The number of hydrogen-bond acceptors (Lipinski definition) is 4. The fourth-order valence-corrected chi connectivity index (χ4v) is 2.04. The second kappa shape index (κ2) is 5.17. The van der Waals surface area contributed by atoms with Crippen LogP contribution in [-0.2, 0) is 0 Å². The molecule has 0 bridgehead atoms. The Labute approximate surface area is 117 Å². The predicted octanol–water partition coefficient (Wildman–Crippen LogP) is 3.69. The molecule has 0 saturated carbocycles. The van der Waals surface area contributed by atoms with Crippen LogP contribution >= 0.6 is 0 Å². The van der Waals surface area contributed by atoms with Gasteiger partial charge in [0.2, 0.25) is 0 Å². The maximum Gasteiger partial charge on any atom is 0.141 e. The van der Waals surface area contributed by atoms with Crippen molar-refractivity contribution < 1.29 is 4.74 Å². The van der Waals surface area contributed by atoms with E-state index < -0.39 is 0 Å². The van der Waals surface area contributed by atoms with Crippen LogP contribution in [0, 0.1) is 6.92 Å². The van der Waals surface area contributed by atoms with Crippen molar-refractivity contribution in [1.82, 2.24) is 9.97 Å². The van der Waals surface area contributed by atoms with Crippen molar-refractivity contribution >= 4 is 22.4 Å². The number of ether oxygens (including phenoxy) is 1. The molecule has 100 valence electrons. The van der Waals surface area contributed by atoms with Gasteiger partial charge in [-0.25, -0.2) is 9.97 Å². The lowest BCUT2D eigenvalue weighted by Gasteiger charge is -2.09.